The largest absolute Gasteiger partial charge is 0.493 e. The van der Waals surface area contributed by atoms with E-state index in [0.717, 1.165) is 5.56 Å². The molecule has 0 saturated heterocycles. The van der Waals surface area contributed by atoms with E-state index in [1.54, 1.807) is 30.3 Å². The molecule has 2 rings (SSSR count). The fraction of sp³-hybridized carbons (Fsp3) is 0.556. The lowest BCUT2D eigenvalue weighted by Gasteiger charge is -2.30. The Labute approximate surface area is 204 Å². The monoisotopic (exact) mass is 472 g/mol. The molecule has 0 aliphatic heterocycles. The van der Waals surface area contributed by atoms with Gasteiger partial charge in [0.1, 0.15) is 5.76 Å². The minimum Gasteiger partial charge on any atom is -0.493 e. The van der Waals surface area contributed by atoms with Crippen LogP contribution in [0.25, 0.3) is 0 Å². The van der Waals surface area contributed by atoms with Gasteiger partial charge in [0.15, 0.2) is 11.5 Å². The molecular weight excluding hydrogens is 432 g/mol. The molecule has 0 fully saturated rings. The third-order valence-electron chi connectivity index (χ3n) is 5.34. The number of hydrogen-bond acceptors (Lipinski definition) is 5. The van der Waals surface area contributed by atoms with Gasteiger partial charge in [-0.3, -0.25) is 9.59 Å². The number of rotatable bonds is 12. The topological polar surface area (TPSA) is 72.2 Å². The van der Waals surface area contributed by atoms with Gasteiger partial charge in [0.2, 0.25) is 11.8 Å². The van der Waals surface area contributed by atoms with Crippen LogP contribution in [-0.4, -0.2) is 55.5 Å². The van der Waals surface area contributed by atoms with E-state index in [0.29, 0.717) is 49.7 Å². The van der Waals surface area contributed by atoms with Crippen molar-refractivity contribution in [3.8, 4) is 11.5 Å². The van der Waals surface area contributed by atoms with Crippen LogP contribution >= 0.6 is 0 Å². The van der Waals surface area contributed by atoms with Crippen LogP contribution in [0.5, 0.6) is 11.5 Å². The van der Waals surface area contributed by atoms with Gasteiger partial charge in [-0.1, -0.05) is 40.7 Å². The molecular formula is C27H40N2O5. The van der Waals surface area contributed by atoms with Gasteiger partial charge in [-0.2, -0.15) is 0 Å². The number of amides is 2. The maximum absolute atomic E-state index is 13.4. The zero-order chi connectivity index (χ0) is 25.3. The first-order valence-electron chi connectivity index (χ1n) is 11.8. The average Bonchev–Trinajstić information content (AvgIpc) is 3.27. The van der Waals surface area contributed by atoms with Crippen LogP contribution in [0.4, 0.5) is 0 Å². The number of furan rings is 1. The molecule has 1 heterocycles. The van der Waals surface area contributed by atoms with Crippen LogP contribution in [-0.2, 0) is 22.6 Å². The summed E-state index contributed by atoms with van der Waals surface area (Å²) in [5, 5.41) is 0. The Hall–Kier alpha value is -2.96. The van der Waals surface area contributed by atoms with Gasteiger partial charge in [0, 0.05) is 19.5 Å². The number of hydrogen-bond donors (Lipinski definition) is 0. The molecule has 188 valence electrons. The lowest BCUT2D eigenvalue weighted by atomic mass is 9.91. The first kappa shape index (κ1) is 27.3. The van der Waals surface area contributed by atoms with Crippen molar-refractivity contribution in [2.24, 2.45) is 11.3 Å². The first-order chi connectivity index (χ1) is 16.0. The van der Waals surface area contributed by atoms with Crippen molar-refractivity contribution < 1.29 is 23.5 Å². The highest BCUT2D eigenvalue weighted by Crippen LogP contribution is 2.28. The molecule has 0 aliphatic rings. The Bertz CT molecular complexity index is 916. The molecule has 0 saturated carbocycles. The van der Waals surface area contributed by atoms with E-state index < -0.39 is 0 Å². The van der Waals surface area contributed by atoms with Crippen LogP contribution in [0, 0.1) is 11.3 Å². The molecule has 2 amide bonds. The first-order valence-corrected chi connectivity index (χ1v) is 11.8. The van der Waals surface area contributed by atoms with Gasteiger partial charge in [0.25, 0.3) is 0 Å². The lowest BCUT2D eigenvalue weighted by Crippen LogP contribution is -2.45. The van der Waals surface area contributed by atoms with Crippen molar-refractivity contribution in [1.82, 2.24) is 9.80 Å². The van der Waals surface area contributed by atoms with E-state index in [9.17, 15) is 9.59 Å². The normalized spacial score (nSPS) is 11.4. The van der Waals surface area contributed by atoms with Crippen LogP contribution in [0.15, 0.2) is 41.0 Å². The maximum Gasteiger partial charge on any atom is 0.242 e. The second-order valence-corrected chi connectivity index (χ2v) is 10.2. The van der Waals surface area contributed by atoms with Crippen molar-refractivity contribution in [1.29, 1.82) is 0 Å². The standard InChI is InChI=1S/C27H40N2O5/c1-20(2)17-29(25(30)16-27(3,4)5)19-26(31)28(18-22-9-8-14-34-22)13-12-21-10-11-23(32-6)24(15-21)33-7/h8-11,14-15,20H,12-13,16-19H2,1-7H3. The summed E-state index contributed by atoms with van der Waals surface area (Å²) < 4.78 is 16.2. The van der Waals surface area contributed by atoms with Crippen molar-refractivity contribution in [3.63, 3.8) is 0 Å². The number of carbonyl (C=O) groups is 2. The smallest absolute Gasteiger partial charge is 0.242 e. The number of methoxy groups -OCH3 is 2. The Balaban J connectivity index is 2.17. The van der Waals surface area contributed by atoms with Gasteiger partial charge in [-0.15, -0.1) is 0 Å². The van der Waals surface area contributed by atoms with Gasteiger partial charge in [0.05, 0.1) is 33.6 Å². The second-order valence-electron chi connectivity index (χ2n) is 10.2. The molecule has 1 aromatic heterocycles. The third-order valence-corrected chi connectivity index (χ3v) is 5.34. The van der Waals surface area contributed by atoms with Crippen molar-refractivity contribution in [2.45, 2.75) is 54.0 Å². The summed E-state index contributed by atoms with van der Waals surface area (Å²) in [4.78, 5) is 29.9. The molecule has 7 nitrogen and oxygen atoms in total. The van der Waals surface area contributed by atoms with E-state index in [1.807, 2.05) is 51.1 Å². The Morgan fingerprint density at radius 2 is 1.71 bits per heavy atom. The van der Waals surface area contributed by atoms with E-state index >= 15 is 0 Å². The summed E-state index contributed by atoms with van der Waals surface area (Å²) in [6.45, 7) is 11.6. The van der Waals surface area contributed by atoms with Crippen LogP contribution < -0.4 is 9.47 Å². The van der Waals surface area contributed by atoms with Crippen LogP contribution in [0.2, 0.25) is 0 Å². The SMILES string of the molecule is COc1ccc(CCN(Cc2ccco2)C(=O)CN(CC(C)C)C(=O)CC(C)(C)C)cc1OC. The van der Waals surface area contributed by atoms with Gasteiger partial charge < -0.3 is 23.7 Å². The van der Waals surface area contributed by atoms with E-state index in [-0.39, 0.29) is 29.7 Å². The second kappa shape index (κ2) is 12.5. The molecule has 0 bridgehead atoms. The summed E-state index contributed by atoms with van der Waals surface area (Å²) in [6, 6.07) is 9.42. The zero-order valence-electron chi connectivity index (χ0n) is 21.7. The molecule has 2 aromatic rings. The highest BCUT2D eigenvalue weighted by molar-refractivity contribution is 5.85. The maximum atomic E-state index is 13.4. The molecule has 34 heavy (non-hydrogen) atoms. The number of ether oxygens (including phenoxy) is 2. The molecule has 0 N–H and O–H groups in total. The number of carbonyl (C=O) groups excluding carboxylic acids is 2. The Morgan fingerprint density at radius 3 is 2.26 bits per heavy atom. The van der Waals surface area contributed by atoms with Crippen molar-refractivity contribution >= 4 is 11.8 Å². The van der Waals surface area contributed by atoms with E-state index in [2.05, 4.69) is 13.8 Å². The van der Waals surface area contributed by atoms with Gasteiger partial charge in [-0.25, -0.2) is 0 Å². The predicted molar refractivity (Wildman–Crippen MR) is 133 cm³/mol. The molecule has 0 aliphatic carbocycles. The molecule has 0 unspecified atom stereocenters. The molecule has 0 atom stereocenters. The highest BCUT2D eigenvalue weighted by atomic mass is 16.5. The third kappa shape index (κ3) is 8.76. The Morgan fingerprint density at radius 1 is 1.00 bits per heavy atom. The van der Waals surface area contributed by atoms with Crippen LogP contribution in [0.3, 0.4) is 0 Å². The molecule has 0 radical (unpaired) electrons. The Kier molecular flexibility index (Phi) is 10.0. The van der Waals surface area contributed by atoms with Crippen molar-refractivity contribution in [3.05, 3.63) is 47.9 Å². The minimum absolute atomic E-state index is 0.00684. The van der Waals surface area contributed by atoms with Crippen molar-refractivity contribution in [2.75, 3.05) is 33.9 Å². The molecule has 0 spiro atoms. The quantitative estimate of drug-likeness (QED) is 0.444. The van der Waals surface area contributed by atoms with Gasteiger partial charge in [-0.05, 0) is 47.6 Å². The summed E-state index contributed by atoms with van der Waals surface area (Å²) >= 11 is 0. The van der Waals surface area contributed by atoms with Gasteiger partial charge >= 0.3 is 0 Å². The average molecular weight is 473 g/mol. The predicted octanol–water partition coefficient (Wildman–Crippen LogP) is 4.79. The number of benzene rings is 1. The molecule has 7 heteroatoms. The number of nitrogens with zero attached hydrogens (tertiary/aromatic N) is 2. The lowest BCUT2D eigenvalue weighted by molar-refractivity contribution is -0.142. The zero-order valence-corrected chi connectivity index (χ0v) is 21.7. The van der Waals surface area contributed by atoms with E-state index in [1.165, 1.54) is 0 Å². The summed E-state index contributed by atoms with van der Waals surface area (Å²) in [5.41, 5.74) is 0.883. The molecule has 1 aromatic carbocycles. The van der Waals surface area contributed by atoms with Crippen LogP contribution in [0.1, 0.15) is 52.4 Å². The van der Waals surface area contributed by atoms with E-state index in [4.69, 9.17) is 13.9 Å². The fourth-order valence-electron chi connectivity index (χ4n) is 3.71. The minimum atomic E-state index is -0.142. The fourth-order valence-corrected chi connectivity index (χ4v) is 3.71. The summed E-state index contributed by atoms with van der Waals surface area (Å²) in [5.74, 6) is 2.20. The summed E-state index contributed by atoms with van der Waals surface area (Å²) in [6.07, 6.45) is 2.63. The summed E-state index contributed by atoms with van der Waals surface area (Å²) in [7, 11) is 3.21. The highest BCUT2D eigenvalue weighted by Gasteiger charge is 2.26.